The summed E-state index contributed by atoms with van der Waals surface area (Å²) in [6, 6.07) is 3.68. The van der Waals surface area contributed by atoms with Crippen LogP contribution in [0.3, 0.4) is 0 Å². The fourth-order valence-corrected chi connectivity index (χ4v) is 2.47. The fourth-order valence-electron chi connectivity index (χ4n) is 2.47. The molecule has 1 amide bonds. The second-order valence-corrected chi connectivity index (χ2v) is 5.97. The first-order valence-corrected chi connectivity index (χ1v) is 6.67. The van der Waals surface area contributed by atoms with Crippen molar-refractivity contribution < 1.29 is 14.3 Å². The van der Waals surface area contributed by atoms with E-state index in [4.69, 9.17) is 0 Å². The van der Waals surface area contributed by atoms with Crippen LogP contribution < -0.4 is 0 Å². The molecule has 19 heavy (non-hydrogen) atoms. The molecule has 1 aromatic carbocycles. The van der Waals surface area contributed by atoms with Gasteiger partial charge in [-0.15, -0.1) is 0 Å². The molecule has 1 aromatic rings. The highest BCUT2D eigenvalue weighted by Crippen LogP contribution is 2.30. The zero-order valence-corrected chi connectivity index (χ0v) is 11.4. The van der Waals surface area contributed by atoms with Gasteiger partial charge in [-0.25, -0.2) is 4.39 Å². The molecule has 0 aromatic heterocycles. The van der Waals surface area contributed by atoms with Crippen molar-refractivity contribution in [3.63, 3.8) is 0 Å². The van der Waals surface area contributed by atoms with Gasteiger partial charge < -0.3 is 10.0 Å². The summed E-state index contributed by atoms with van der Waals surface area (Å²) in [5, 5.41) is 9.18. The standard InChI is InChI=1S/C15H20FNO2/c1-15(2)6-3-8-17(9-7-15)14(19)12-5-4-11(18)10-13(12)16/h4-5,10,18H,3,6-9H2,1-2H3. The normalized spacial score (nSPS) is 19.0. The molecule has 2 rings (SSSR count). The van der Waals surface area contributed by atoms with Crippen molar-refractivity contribution in [2.75, 3.05) is 13.1 Å². The van der Waals surface area contributed by atoms with Crippen LogP contribution >= 0.6 is 0 Å². The SMILES string of the molecule is CC1(C)CCCN(C(=O)c2ccc(O)cc2F)CC1. The summed E-state index contributed by atoms with van der Waals surface area (Å²) < 4.78 is 13.7. The first-order valence-electron chi connectivity index (χ1n) is 6.67. The second kappa shape index (κ2) is 5.19. The van der Waals surface area contributed by atoms with Crippen molar-refractivity contribution in [2.45, 2.75) is 33.1 Å². The van der Waals surface area contributed by atoms with Gasteiger partial charge in [-0.3, -0.25) is 4.79 Å². The van der Waals surface area contributed by atoms with Crippen molar-refractivity contribution in [3.8, 4) is 5.75 Å². The molecule has 0 atom stereocenters. The molecule has 1 fully saturated rings. The highest BCUT2D eigenvalue weighted by atomic mass is 19.1. The molecular formula is C15H20FNO2. The van der Waals surface area contributed by atoms with Gasteiger partial charge in [0.1, 0.15) is 11.6 Å². The molecular weight excluding hydrogens is 245 g/mol. The average Bonchev–Trinajstić information content (AvgIpc) is 2.49. The number of hydrogen-bond donors (Lipinski definition) is 1. The molecule has 1 aliphatic heterocycles. The van der Waals surface area contributed by atoms with Crippen LogP contribution in [-0.4, -0.2) is 29.0 Å². The van der Waals surface area contributed by atoms with Crippen molar-refractivity contribution in [1.29, 1.82) is 0 Å². The Labute approximate surface area is 113 Å². The molecule has 1 saturated heterocycles. The third kappa shape index (κ3) is 3.25. The molecule has 104 valence electrons. The number of carbonyl (C=O) groups is 1. The van der Waals surface area contributed by atoms with E-state index in [0.717, 1.165) is 25.3 Å². The topological polar surface area (TPSA) is 40.5 Å². The highest BCUT2D eigenvalue weighted by Gasteiger charge is 2.27. The Balaban J connectivity index is 2.15. The minimum Gasteiger partial charge on any atom is -0.508 e. The molecule has 0 saturated carbocycles. The van der Waals surface area contributed by atoms with E-state index in [1.54, 1.807) is 4.90 Å². The number of phenols is 1. The van der Waals surface area contributed by atoms with Crippen LogP contribution in [0.4, 0.5) is 4.39 Å². The van der Waals surface area contributed by atoms with E-state index in [9.17, 15) is 14.3 Å². The lowest BCUT2D eigenvalue weighted by Crippen LogP contribution is -2.33. The summed E-state index contributed by atoms with van der Waals surface area (Å²) >= 11 is 0. The summed E-state index contributed by atoms with van der Waals surface area (Å²) in [6.45, 7) is 5.72. The van der Waals surface area contributed by atoms with Crippen LogP contribution in [0, 0.1) is 11.2 Å². The van der Waals surface area contributed by atoms with Crippen LogP contribution in [0.1, 0.15) is 43.5 Å². The van der Waals surface area contributed by atoms with Crippen molar-refractivity contribution >= 4 is 5.91 Å². The summed E-state index contributed by atoms with van der Waals surface area (Å²) in [6.07, 6.45) is 2.95. The van der Waals surface area contributed by atoms with Crippen LogP contribution in [0.25, 0.3) is 0 Å². The Morgan fingerprint density at radius 2 is 2.05 bits per heavy atom. The molecule has 0 bridgehead atoms. The Morgan fingerprint density at radius 3 is 2.74 bits per heavy atom. The minimum atomic E-state index is -0.659. The number of halogens is 1. The number of rotatable bonds is 1. The second-order valence-electron chi connectivity index (χ2n) is 5.97. The summed E-state index contributed by atoms with van der Waals surface area (Å²) in [7, 11) is 0. The lowest BCUT2D eigenvalue weighted by molar-refractivity contribution is 0.0752. The lowest BCUT2D eigenvalue weighted by Gasteiger charge is -2.23. The Bertz CT molecular complexity index is 485. The fraction of sp³-hybridized carbons (Fsp3) is 0.533. The largest absolute Gasteiger partial charge is 0.508 e. The van der Waals surface area contributed by atoms with Gasteiger partial charge in [0.25, 0.3) is 5.91 Å². The maximum absolute atomic E-state index is 13.7. The molecule has 0 radical (unpaired) electrons. The van der Waals surface area contributed by atoms with Gasteiger partial charge in [-0.1, -0.05) is 13.8 Å². The summed E-state index contributed by atoms with van der Waals surface area (Å²) in [4.78, 5) is 14.0. The molecule has 1 heterocycles. The predicted molar refractivity (Wildman–Crippen MR) is 71.6 cm³/mol. The van der Waals surface area contributed by atoms with Gasteiger partial charge in [0.15, 0.2) is 0 Å². The van der Waals surface area contributed by atoms with E-state index in [2.05, 4.69) is 13.8 Å². The van der Waals surface area contributed by atoms with Gasteiger partial charge >= 0.3 is 0 Å². The van der Waals surface area contributed by atoms with E-state index < -0.39 is 5.82 Å². The Hall–Kier alpha value is -1.58. The maximum atomic E-state index is 13.7. The molecule has 0 aliphatic carbocycles. The first-order chi connectivity index (χ1) is 8.89. The Kier molecular flexibility index (Phi) is 3.78. The van der Waals surface area contributed by atoms with E-state index in [1.807, 2.05) is 0 Å². The van der Waals surface area contributed by atoms with Gasteiger partial charge in [-0.2, -0.15) is 0 Å². The molecule has 4 heteroatoms. The van der Waals surface area contributed by atoms with E-state index in [-0.39, 0.29) is 22.6 Å². The monoisotopic (exact) mass is 265 g/mol. The third-order valence-electron chi connectivity index (χ3n) is 3.81. The van der Waals surface area contributed by atoms with Crippen LogP contribution in [0.5, 0.6) is 5.75 Å². The highest BCUT2D eigenvalue weighted by molar-refractivity contribution is 5.94. The van der Waals surface area contributed by atoms with Crippen LogP contribution in [0.15, 0.2) is 18.2 Å². The van der Waals surface area contributed by atoms with E-state index in [1.165, 1.54) is 12.1 Å². The van der Waals surface area contributed by atoms with Crippen molar-refractivity contribution in [2.24, 2.45) is 5.41 Å². The summed E-state index contributed by atoms with van der Waals surface area (Å²) in [5.74, 6) is -1.10. The average molecular weight is 265 g/mol. The summed E-state index contributed by atoms with van der Waals surface area (Å²) in [5.41, 5.74) is 0.278. The molecule has 0 unspecified atom stereocenters. The van der Waals surface area contributed by atoms with Gasteiger partial charge in [0.2, 0.25) is 0 Å². The molecule has 1 aliphatic rings. The zero-order chi connectivity index (χ0) is 14.0. The van der Waals surface area contributed by atoms with Gasteiger partial charge in [0.05, 0.1) is 5.56 Å². The molecule has 3 nitrogen and oxygen atoms in total. The number of benzene rings is 1. The van der Waals surface area contributed by atoms with Gasteiger partial charge in [0, 0.05) is 19.2 Å². The number of likely N-dealkylation sites (tertiary alicyclic amines) is 1. The van der Waals surface area contributed by atoms with Crippen LogP contribution in [-0.2, 0) is 0 Å². The maximum Gasteiger partial charge on any atom is 0.256 e. The molecule has 0 spiro atoms. The van der Waals surface area contributed by atoms with Crippen molar-refractivity contribution in [1.82, 2.24) is 4.90 Å². The number of carbonyl (C=O) groups excluding carboxylic acids is 1. The number of aromatic hydroxyl groups is 1. The quantitative estimate of drug-likeness (QED) is 0.847. The number of nitrogens with zero attached hydrogens (tertiary/aromatic N) is 1. The Morgan fingerprint density at radius 1 is 1.32 bits per heavy atom. The smallest absolute Gasteiger partial charge is 0.256 e. The van der Waals surface area contributed by atoms with Gasteiger partial charge in [-0.05, 0) is 36.8 Å². The number of hydrogen-bond acceptors (Lipinski definition) is 2. The predicted octanol–water partition coefficient (Wildman–Crippen LogP) is 3.18. The lowest BCUT2D eigenvalue weighted by atomic mass is 9.85. The van der Waals surface area contributed by atoms with E-state index in [0.29, 0.717) is 13.1 Å². The zero-order valence-electron chi connectivity index (χ0n) is 11.4. The number of amides is 1. The van der Waals surface area contributed by atoms with Crippen LogP contribution in [0.2, 0.25) is 0 Å². The number of phenolic OH excluding ortho intramolecular Hbond substituents is 1. The first kappa shape index (κ1) is 13.8. The van der Waals surface area contributed by atoms with E-state index >= 15 is 0 Å². The minimum absolute atomic E-state index is 0.0394. The van der Waals surface area contributed by atoms with Crippen molar-refractivity contribution in [3.05, 3.63) is 29.6 Å². The molecule has 1 N–H and O–H groups in total. The third-order valence-corrected chi connectivity index (χ3v) is 3.81.